The molecule has 3 rings (SSSR count). The van der Waals surface area contributed by atoms with Gasteiger partial charge in [0.05, 0.1) is 18.2 Å². The monoisotopic (exact) mass is 337 g/mol. The highest BCUT2D eigenvalue weighted by Crippen LogP contribution is 2.25. The normalized spacial score (nSPS) is 10.4. The molecule has 0 fully saturated rings. The molecule has 0 aliphatic carbocycles. The number of hydrogen-bond donors (Lipinski definition) is 1. The van der Waals surface area contributed by atoms with Gasteiger partial charge < -0.3 is 14.6 Å². The Bertz CT molecular complexity index is 937. The number of ether oxygens (including phenoxy) is 2. The highest BCUT2D eigenvalue weighted by atomic mass is 16.5. The largest absolute Gasteiger partial charge is 0.478 e. The third-order valence-corrected chi connectivity index (χ3v) is 3.69. The lowest BCUT2D eigenvalue weighted by Crippen LogP contribution is -2.06. The highest BCUT2D eigenvalue weighted by molar-refractivity contribution is 6.07. The van der Waals surface area contributed by atoms with E-state index in [9.17, 15) is 14.7 Å². The number of esters is 1. The first-order valence-corrected chi connectivity index (χ1v) is 7.50. The zero-order valence-corrected chi connectivity index (χ0v) is 13.4. The molecule has 1 aromatic heterocycles. The molecule has 1 N–H and O–H groups in total. The second kappa shape index (κ2) is 7.00. The Hall–Kier alpha value is -3.41. The predicted octanol–water partition coefficient (Wildman–Crippen LogP) is 3.30. The fourth-order valence-electron chi connectivity index (χ4n) is 2.46. The number of pyridine rings is 1. The molecule has 1 heterocycles. The summed E-state index contributed by atoms with van der Waals surface area (Å²) in [7, 11) is 1.24. The van der Waals surface area contributed by atoms with E-state index in [0.717, 1.165) is 5.56 Å². The maximum absolute atomic E-state index is 11.7. The van der Waals surface area contributed by atoms with E-state index in [1.807, 2.05) is 30.3 Å². The van der Waals surface area contributed by atoms with Gasteiger partial charge in [0.1, 0.15) is 6.61 Å². The maximum Gasteiger partial charge on any atom is 0.337 e. The van der Waals surface area contributed by atoms with Gasteiger partial charge in [-0.3, -0.25) is 0 Å². The summed E-state index contributed by atoms with van der Waals surface area (Å²) in [6, 6.07) is 14.0. The second-order valence-corrected chi connectivity index (χ2v) is 5.34. The summed E-state index contributed by atoms with van der Waals surface area (Å²) in [6.07, 6.45) is 1.48. The number of methoxy groups -OCH3 is 1. The van der Waals surface area contributed by atoms with Crippen LogP contribution < -0.4 is 4.74 Å². The van der Waals surface area contributed by atoms with Crippen molar-refractivity contribution in [3.8, 4) is 5.88 Å². The van der Waals surface area contributed by atoms with Crippen molar-refractivity contribution in [3.05, 3.63) is 71.4 Å². The number of nitrogens with zero attached hydrogens (tertiary/aromatic N) is 1. The molecule has 0 atom stereocenters. The van der Waals surface area contributed by atoms with Crippen molar-refractivity contribution >= 4 is 22.7 Å². The van der Waals surface area contributed by atoms with E-state index in [4.69, 9.17) is 4.74 Å². The quantitative estimate of drug-likeness (QED) is 0.719. The highest BCUT2D eigenvalue weighted by Gasteiger charge is 2.16. The smallest absolute Gasteiger partial charge is 0.337 e. The van der Waals surface area contributed by atoms with E-state index in [0.29, 0.717) is 23.3 Å². The Balaban J connectivity index is 1.97. The lowest BCUT2D eigenvalue weighted by atomic mass is 10.0. The van der Waals surface area contributed by atoms with Gasteiger partial charge in [-0.05, 0) is 17.7 Å². The first-order valence-electron chi connectivity index (χ1n) is 7.50. The van der Waals surface area contributed by atoms with Crippen LogP contribution in [0.3, 0.4) is 0 Å². The number of carbonyl (C=O) groups excluding carboxylic acids is 1. The molecule has 0 aliphatic heterocycles. The molecule has 6 heteroatoms. The van der Waals surface area contributed by atoms with Crippen LogP contribution >= 0.6 is 0 Å². The van der Waals surface area contributed by atoms with Gasteiger partial charge in [-0.1, -0.05) is 30.3 Å². The van der Waals surface area contributed by atoms with Crippen LogP contribution in [-0.4, -0.2) is 29.1 Å². The van der Waals surface area contributed by atoms with Crippen molar-refractivity contribution in [2.45, 2.75) is 6.61 Å². The van der Waals surface area contributed by atoms with Crippen LogP contribution in [0.5, 0.6) is 5.88 Å². The van der Waals surface area contributed by atoms with Crippen LogP contribution in [0.15, 0.2) is 54.7 Å². The number of benzene rings is 2. The minimum atomic E-state index is -1.14. The molecule has 0 saturated heterocycles. The molecule has 0 saturated carbocycles. The average Bonchev–Trinajstić information content (AvgIpc) is 2.65. The zero-order chi connectivity index (χ0) is 17.8. The van der Waals surface area contributed by atoms with Crippen molar-refractivity contribution < 1.29 is 24.2 Å². The van der Waals surface area contributed by atoms with Gasteiger partial charge in [0, 0.05) is 23.0 Å². The van der Waals surface area contributed by atoms with Crippen LogP contribution in [0.1, 0.15) is 26.3 Å². The third-order valence-electron chi connectivity index (χ3n) is 3.69. The van der Waals surface area contributed by atoms with Crippen molar-refractivity contribution in [2.75, 3.05) is 7.11 Å². The summed E-state index contributed by atoms with van der Waals surface area (Å²) >= 11 is 0. The minimum Gasteiger partial charge on any atom is -0.478 e. The first kappa shape index (κ1) is 16.4. The van der Waals surface area contributed by atoms with E-state index < -0.39 is 11.9 Å². The summed E-state index contributed by atoms with van der Waals surface area (Å²) in [5.74, 6) is -1.44. The van der Waals surface area contributed by atoms with Gasteiger partial charge in [0.2, 0.25) is 5.88 Å². The average molecular weight is 337 g/mol. The Morgan fingerprint density at radius 1 is 1.12 bits per heavy atom. The third kappa shape index (κ3) is 3.58. The fourth-order valence-corrected chi connectivity index (χ4v) is 2.46. The van der Waals surface area contributed by atoms with Crippen LogP contribution in [0, 0.1) is 0 Å². The standard InChI is InChI=1S/C19H15NO5/c1-24-19(23)13-7-14-10-20-17(9-15(14)16(8-13)18(21)22)25-11-12-5-3-2-4-6-12/h2-10H,11H2,1H3,(H,21,22). The Labute approximate surface area is 143 Å². The maximum atomic E-state index is 11.7. The number of carboxylic acids is 1. The number of fused-ring (bicyclic) bond motifs is 1. The lowest BCUT2D eigenvalue weighted by Gasteiger charge is -2.09. The fraction of sp³-hybridized carbons (Fsp3) is 0.105. The van der Waals surface area contributed by atoms with E-state index in [1.165, 1.54) is 19.4 Å². The number of aromatic carboxylic acids is 1. The van der Waals surface area contributed by atoms with Crippen molar-refractivity contribution in [2.24, 2.45) is 0 Å². The van der Waals surface area contributed by atoms with Gasteiger partial charge >= 0.3 is 11.9 Å². The molecular weight excluding hydrogens is 322 g/mol. The molecule has 0 radical (unpaired) electrons. The molecule has 6 nitrogen and oxygen atoms in total. The Morgan fingerprint density at radius 3 is 2.56 bits per heavy atom. The molecule has 0 bridgehead atoms. The summed E-state index contributed by atoms with van der Waals surface area (Å²) in [5.41, 5.74) is 1.13. The van der Waals surface area contributed by atoms with E-state index >= 15 is 0 Å². The second-order valence-electron chi connectivity index (χ2n) is 5.34. The molecule has 126 valence electrons. The number of aromatic nitrogens is 1. The molecule has 0 unspecified atom stereocenters. The summed E-state index contributed by atoms with van der Waals surface area (Å²) < 4.78 is 10.3. The van der Waals surface area contributed by atoms with Gasteiger partial charge in [0.15, 0.2) is 0 Å². The number of carbonyl (C=O) groups is 2. The van der Waals surface area contributed by atoms with Crippen molar-refractivity contribution in [1.82, 2.24) is 4.98 Å². The van der Waals surface area contributed by atoms with Crippen LogP contribution in [-0.2, 0) is 11.3 Å². The van der Waals surface area contributed by atoms with Crippen LogP contribution in [0.4, 0.5) is 0 Å². The lowest BCUT2D eigenvalue weighted by molar-refractivity contribution is 0.0601. The van der Waals surface area contributed by atoms with E-state index in [1.54, 1.807) is 12.1 Å². The van der Waals surface area contributed by atoms with Gasteiger partial charge in [-0.2, -0.15) is 0 Å². The number of rotatable bonds is 5. The number of carboxylic acid groups (broad SMARTS) is 1. The summed E-state index contributed by atoms with van der Waals surface area (Å²) in [4.78, 5) is 27.4. The van der Waals surface area contributed by atoms with Gasteiger partial charge in [-0.25, -0.2) is 14.6 Å². The Morgan fingerprint density at radius 2 is 1.88 bits per heavy atom. The Kier molecular flexibility index (Phi) is 4.61. The molecule has 2 aromatic carbocycles. The molecular formula is C19H15NO5. The molecule has 0 aliphatic rings. The van der Waals surface area contributed by atoms with E-state index in [2.05, 4.69) is 9.72 Å². The van der Waals surface area contributed by atoms with Crippen LogP contribution in [0.2, 0.25) is 0 Å². The molecule has 25 heavy (non-hydrogen) atoms. The molecule has 0 amide bonds. The SMILES string of the molecule is COC(=O)c1cc(C(=O)O)c2cc(OCc3ccccc3)ncc2c1. The van der Waals surface area contributed by atoms with Gasteiger partial charge in [-0.15, -0.1) is 0 Å². The summed E-state index contributed by atoms with van der Waals surface area (Å²) in [5, 5.41) is 10.4. The zero-order valence-electron chi connectivity index (χ0n) is 13.4. The topological polar surface area (TPSA) is 85.7 Å². The molecule has 3 aromatic rings. The van der Waals surface area contributed by atoms with Gasteiger partial charge in [0.25, 0.3) is 0 Å². The summed E-state index contributed by atoms with van der Waals surface area (Å²) in [6.45, 7) is 0.321. The van der Waals surface area contributed by atoms with Crippen molar-refractivity contribution in [3.63, 3.8) is 0 Å². The first-order chi connectivity index (χ1) is 12.1. The van der Waals surface area contributed by atoms with Crippen molar-refractivity contribution in [1.29, 1.82) is 0 Å². The van der Waals surface area contributed by atoms with Crippen LogP contribution in [0.25, 0.3) is 10.8 Å². The number of hydrogen-bond acceptors (Lipinski definition) is 5. The van der Waals surface area contributed by atoms with E-state index in [-0.39, 0.29) is 11.1 Å². The molecule has 0 spiro atoms. The minimum absolute atomic E-state index is 0.00939. The predicted molar refractivity (Wildman–Crippen MR) is 90.8 cm³/mol.